The zero-order chi connectivity index (χ0) is 18.5. The fraction of sp³-hybridized carbons (Fsp3) is 0.533. The predicted octanol–water partition coefficient (Wildman–Crippen LogP) is 0.879. The number of nitrogens with zero attached hydrogens (tertiary/aromatic N) is 2. The van der Waals surface area contributed by atoms with Gasteiger partial charge in [0.15, 0.2) is 6.10 Å². The van der Waals surface area contributed by atoms with Crippen LogP contribution in [0.15, 0.2) is 12.1 Å². The Hall–Kier alpha value is -1.13. The van der Waals surface area contributed by atoms with Crippen molar-refractivity contribution in [1.82, 2.24) is 9.55 Å². The van der Waals surface area contributed by atoms with Crippen molar-refractivity contribution in [2.75, 3.05) is 11.9 Å². The highest BCUT2D eigenvalue weighted by Gasteiger charge is 2.51. The summed E-state index contributed by atoms with van der Waals surface area (Å²) in [6.07, 6.45) is -4.76. The van der Waals surface area contributed by atoms with Gasteiger partial charge in [0.1, 0.15) is 12.2 Å². The number of hydrogen-bond acceptors (Lipinski definition) is 7. The van der Waals surface area contributed by atoms with Crippen LogP contribution in [-0.4, -0.2) is 60.9 Å². The molecule has 1 aromatic carbocycles. The first-order valence-corrected chi connectivity index (χ1v) is 8.45. The molecule has 4 atom stereocenters. The molecular formula is C15H19Cl2N3O5. The van der Waals surface area contributed by atoms with Crippen molar-refractivity contribution in [1.29, 1.82) is 0 Å². The zero-order valence-corrected chi connectivity index (χ0v) is 15.0. The molecule has 2 heterocycles. The van der Waals surface area contributed by atoms with Crippen molar-refractivity contribution in [3.63, 3.8) is 0 Å². The number of ether oxygens (including phenoxy) is 1. The van der Waals surface area contributed by atoms with Crippen molar-refractivity contribution in [3.05, 3.63) is 22.2 Å². The summed E-state index contributed by atoms with van der Waals surface area (Å²) in [5, 5.41) is 44.6. The molecule has 1 saturated heterocycles. The lowest BCUT2D eigenvalue weighted by Crippen LogP contribution is -2.61. The molecular weight excluding hydrogens is 373 g/mol. The largest absolute Gasteiger partial charge is 0.388 e. The van der Waals surface area contributed by atoms with E-state index in [1.807, 2.05) is 13.8 Å². The molecule has 1 unspecified atom stereocenters. The van der Waals surface area contributed by atoms with Crippen molar-refractivity contribution >= 4 is 40.2 Å². The van der Waals surface area contributed by atoms with Gasteiger partial charge in [-0.25, -0.2) is 4.98 Å². The second-order valence-corrected chi connectivity index (χ2v) is 7.11. The first-order valence-electron chi connectivity index (χ1n) is 7.70. The normalized spacial score (nSPS) is 30.2. The Bertz CT molecular complexity index is 799. The van der Waals surface area contributed by atoms with Gasteiger partial charge in [-0.05, 0) is 26.0 Å². The molecule has 1 fully saturated rings. The maximum absolute atomic E-state index is 11.0. The maximum atomic E-state index is 11.0. The Morgan fingerprint density at radius 1 is 1.28 bits per heavy atom. The lowest BCUT2D eigenvalue weighted by molar-refractivity contribution is -0.364. The molecule has 3 rings (SSSR count). The minimum absolute atomic E-state index is 0.0543. The minimum atomic E-state index is -2.36. The van der Waals surface area contributed by atoms with Crippen LogP contribution in [0.1, 0.15) is 13.8 Å². The van der Waals surface area contributed by atoms with Crippen LogP contribution in [0.25, 0.3) is 11.0 Å². The highest BCUT2D eigenvalue weighted by Crippen LogP contribution is 2.37. The third-order valence-electron chi connectivity index (χ3n) is 4.00. The third kappa shape index (κ3) is 3.08. The van der Waals surface area contributed by atoms with Gasteiger partial charge in [0.2, 0.25) is 5.95 Å². The SMILES string of the molecule is CC(C)Nc1nc2cc(Cl)c(Cl)cc2n1C1(O)OC[C@@H](O)[C@H](O)[C@H]1O. The molecule has 5 N–H and O–H groups in total. The molecule has 138 valence electrons. The number of aliphatic hydroxyl groups excluding tert-OH is 3. The van der Waals surface area contributed by atoms with Crippen LogP contribution in [0.2, 0.25) is 10.0 Å². The smallest absolute Gasteiger partial charge is 0.286 e. The molecule has 1 aliphatic rings. The van der Waals surface area contributed by atoms with Crippen LogP contribution in [-0.2, 0) is 10.6 Å². The second-order valence-electron chi connectivity index (χ2n) is 6.30. The van der Waals surface area contributed by atoms with E-state index in [2.05, 4.69) is 10.3 Å². The Morgan fingerprint density at radius 2 is 1.92 bits per heavy atom. The van der Waals surface area contributed by atoms with Crippen LogP contribution < -0.4 is 5.32 Å². The van der Waals surface area contributed by atoms with E-state index in [9.17, 15) is 20.4 Å². The second kappa shape index (κ2) is 6.55. The first kappa shape index (κ1) is 18.7. The molecule has 2 aromatic rings. The standard InChI is InChI=1S/C15H19Cl2N3O5/c1-6(2)18-14-19-9-3-7(16)8(17)4-10(9)20(14)15(24)13(23)12(22)11(21)5-25-15/h3-4,6,11-13,21-24H,5H2,1-2H3,(H,18,19)/t11-,12+,13-,15?/m1/s1. The molecule has 8 nitrogen and oxygen atoms in total. The molecule has 0 saturated carbocycles. The van der Waals surface area contributed by atoms with E-state index >= 15 is 0 Å². The summed E-state index contributed by atoms with van der Waals surface area (Å²) >= 11 is 12.1. The van der Waals surface area contributed by atoms with Gasteiger partial charge in [-0.1, -0.05) is 23.2 Å². The molecule has 0 radical (unpaired) electrons. The summed E-state index contributed by atoms with van der Waals surface area (Å²) in [5.41, 5.74) is 0.741. The summed E-state index contributed by atoms with van der Waals surface area (Å²) in [5.74, 6) is -2.17. The van der Waals surface area contributed by atoms with Gasteiger partial charge in [-0.15, -0.1) is 0 Å². The van der Waals surface area contributed by atoms with Gasteiger partial charge < -0.3 is 30.5 Å². The average molecular weight is 392 g/mol. The van der Waals surface area contributed by atoms with Crippen LogP contribution in [0.3, 0.4) is 0 Å². The summed E-state index contributed by atoms with van der Waals surface area (Å²) in [6, 6.07) is 2.94. The quantitative estimate of drug-likeness (QED) is 0.526. The lowest BCUT2D eigenvalue weighted by Gasteiger charge is -2.42. The number of anilines is 1. The van der Waals surface area contributed by atoms with Crippen molar-refractivity contribution in [2.24, 2.45) is 0 Å². The number of hydrogen-bond donors (Lipinski definition) is 5. The first-order chi connectivity index (χ1) is 11.6. The molecule has 25 heavy (non-hydrogen) atoms. The van der Waals surface area contributed by atoms with E-state index in [0.29, 0.717) is 11.0 Å². The van der Waals surface area contributed by atoms with E-state index in [4.69, 9.17) is 27.9 Å². The average Bonchev–Trinajstić information content (AvgIpc) is 2.86. The summed E-state index contributed by atoms with van der Waals surface area (Å²) in [4.78, 5) is 4.37. The van der Waals surface area contributed by atoms with E-state index in [1.54, 1.807) is 0 Å². The number of halogens is 2. The van der Waals surface area contributed by atoms with Gasteiger partial charge in [-0.3, -0.25) is 4.57 Å². The number of aromatic nitrogens is 2. The van der Waals surface area contributed by atoms with Crippen molar-refractivity contribution < 1.29 is 25.2 Å². The number of imidazole rings is 1. The fourth-order valence-electron chi connectivity index (χ4n) is 2.77. The van der Waals surface area contributed by atoms with Crippen LogP contribution in [0, 0.1) is 0 Å². The maximum Gasteiger partial charge on any atom is 0.286 e. The zero-order valence-electron chi connectivity index (χ0n) is 13.5. The monoisotopic (exact) mass is 391 g/mol. The molecule has 0 aliphatic carbocycles. The van der Waals surface area contributed by atoms with Gasteiger partial charge >= 0.3 is 0 Å². The number of fused-ring (bicyclic) bond motifs is 1. The number of aliphatic hydroxyl groups is 4. The van der Waals surface area contributed by atoms with E-state index in [0.717, 1.165) is 0 Å². The molecule has 0 bridgehead atoms. The van der Waals surface area contributed by atoms with E-state index < -0.39 is 24.2 Å². The lowest BCUT2D eigenvalue weighted by atomic mass is 10.0. The van der Waals surface area contributed by atoms with E-state index in [1.165, 1.54) is 16.7 Å². The Balaban J connectivity index is 2.23. The van der Waals surface area contributed by atoms with Crippen LogP contribution in [0.5, 0.6) is 0 Å². The summed E-state index contributed by atoms with van der Waals surface area (Å²) < 4.78 is 6.51. The highest BCUT2D eigenvalue weighted by atomic mass is 35.5. The summed E-state index contributed by atoms with van der Waals surface area (Å²) in [6.45, 7) is 3.35. The molecule has 0 amide bonds. The van der Waals surface area contributed by atoms with Crippen LogP contribution >= 0.6 is 23.2 Å². The molecule has 0 spiro atoms. The van der Waals surface area contributed by atoms with Crippen LogP contribution in [0.4, 0.5) is 5.95 Å². The third-order valence-corrected chi connectivity index (χ3v) is 4.73. The number of rotatable bonds is 3. The number of benzene rings is 1. The molecule has 1 aromatic heterocycles. The Labute approximate surface area is 153 Å². The Morgan fingerprint density at radius 3 is 2.56 bits per heavy atom. The topological polar surface area (TPSA) is 120 Å². The van der Waals surface area contributed by atoms with E-state index in [-0.39, 0.29) is 28.6 Å². The van der Waals surface area contributed by atoms with Gasteiger partial charge in [-0.2, -0.15) is 0 Å². The van der Waals surface area contributed by atoms with Gasteiger partial charge in [0, 0.05) is 6.04 Å². The van der Waals surface area contributed by atoms with Gasteiger partial charge in [0.25, 0.3) is 5.91 Å². The minimum Gasteiger partial charge on any atom is -0.388 e. The molecule has 1 aliphatic heterocycles. The number of nitrogens with one attached hydrogen (secondary N) is 1. The highest BCUT2D eigenvalue weighted by molar-refractivity contribution is 6.42. The predicted molar refractivity (Wildman–Crippen MR) is 92.7 cm³/mol. The van der Waals surface area contributed by atoms with Crippen molar-refractivity contribution in [2.45, 2.75) is 44.1 Å². The van der Waals surface area contributed by atoms with Gasteiger partial charge in [0.05, 0.1) is 27.7 Å². The fourth-order valence-corrected chi connectivity index (χ4v) is 3.09. The summed E-state index contributed by atoms with van der Waals surface area (Å²) in [7, 11) is 0. The van der Waals surface area contributed by atoms with Crippen molar-refractivity contribution in [3.8, 4) is 0 Å². The Kier molecular flexibility index (Phi) is 4.89. The molecule has 10 heteroatoms.